The maximum atomic E-state index is 3.79. The van der Waals surface area contributed by atoms with Crippen LogP contribution in [0.25, 0.3) is 0 Å². The lowest BCUT2D eigenvalue weighted by atomic mass is 9.69. The van der Waals surface area contributed by atoms with E-state index in [9.17, 15) is 0 Å². The summed E-state index contributed by atoms with van der Waals surface area (Å²) in [6.07, 6.45) is 5.37. The minimum absolute atomic E-state index is 0.544. The van der Waals surface area contributed by atoms with Gasteiger partial charge in [-0.2, -0.15) is 0 Å². The Morgan fingerprint density at radius 3 is 2.39 bits per heavy atom. The molecule has 0 aromatic carbocycles. The molecular formula is C16H34N2. The molecule has 1 aliphatic rings. The Hall–Kier alpha value is -0.0800. The van der Waals surface area contributed by atoms with Gasteiger partial charge in [0.15, 0.2) is 0 Å². The molecule has 0 radical (unpaired) electrons. The van der Waals surface area contributed by atoms with Crippen LogP contribution in [0.4, 0.5) is 0 Å². The van der Waals surface area contributed by atoms with E-state index in [2.05, 4.69) is 44.8 Å². The first-order valence-electron chi connectivity index (χ1n) is 7.98. The molecule has 0 heterocycles. The summed E-state index contributed by atoms with van der Waals surface area (Å²) in [6.45, 7) is 16.5. The summed E-state index contributed by atoms with van der Waals surface area (Å²) < 4.78 is 0. The van der Waals surface area contributed by atoms with Gasteiger partial charge in [0, 0.05) is 12.6 Å². The van der Waals surface area contributed by atoms with E-state index in [-0.39, 0.29) is 0 Å². The van der Waals surface area contributed by atoms with Crippen molar-refractivity contribution in [3.05, 3.63) is 0 Å². The van der Waals surface area contributed by atoms with E-state index in [0.717, 1.165) is 12.0 Å². The van der Waals surface area contributed by atoms with Crippen molar-refractivity contribution in [1.29, 1.82) is 0 Å². The van der Waals surface area contributed by atoms with Crippen molar-refractivity contribution in [2.45, 2.75) is 66.3 Å². The molecular weight excluding hydrogens is 220 g/mol. The Labute approximate surface area is 115 Å². The number of nitrogens with zero attached hydrogens (tertiary/aromatic N) is 1. The molecule has 0 saturated heterocycles. The van der Waals surface area contributed by atoms with Crippen molar-refractivity contribution in [2.24, 2.45) is 11.3 Å². The average Bonchev–Trinajstić information content (AvgIpc) is 2.34. The second kappa shape index (κ2) is 7.49. The van der Waals surface area contributed by atoms with Gasteiger partial charge in [-0.3, -0.25) is 0 Å². The summed E-state index contributed by atoms with van der Waals surface area (Å²) in [4.78, 5) is 2.59. The molecule has 0 aromatic rings. The summed E-state index contributed by atoms with van der Waals surface area (Å²) in [7, 11) is 0. The Morgan fingerprint density at radius 1 is 1.17 bits per heavy atom. The zero-order valence-electron chi connectivity index (χ0n) is 13.3. The van der Waals surface area contributed by atoms with Crippen molar-refractivity contribution < 1.29 is 0 Å². The second-order valence-electron chi connectivity index (χ2n) is 6.71. The van der Waals surface area contributed by atoms with Crippen molar-refractivity contribution in [3.8, 4) is 0 Å². The third-order valence-electron chi connectivity index (χ3n) is 4.56. The highest BCUT2D eigenvalue weighted by molar-refractivity contribution is 4.90. The normalized spacial score (nSPS) is 27.7. The maximum Gasteiger partial charge on any atom is 0.0108 e. The fourth-order valence-electron chi connectivity index (χ4n) is 3.34. The van der Waals surface area contributed by atoms with Crippen molar-refractivity contribution in [1.82, 2.24) is 10.2 Å². The van der Waals surface area contributed by atoms with Gasteiger partial charge in [0.25, 0.3) is 0 Å². The Bertz CT molecular complexity index is 221. The van der Waals surface area contributed by atoms with Gasteiger partial charge in [0.1, 0.15) is 0 Å². The van der Waals surface area contributed by atoms with Gasteiger partial charge >= 0.3 is 0 Å². The largest absolute Gasteiger partial charge is 0.314 e. The molecule has 0 aromatic heterocycles. The predicted molar refractivity (Wildman–Crippen MR) is 81.0 cm³/mol. The highest BCUT2D eigenvalue weighted by Crippen LogP contribution is 2.39. The highest BCUT2D eigenvalue weighted by Gasteiger charge is 2.34. The van der Waals surface area contributed by atoms with Gasteiger partial charge in [0.05, 0.1) is 0 Å². The average molecular weight is 254 g/mol. The molecule has 18 heavy (non-hydrogen) atoms. The van der Waals surface area contributed by atoms with Crippen LogP contribution in [-0.2, 0) is 0 Å². The lowest BCUT2D eigenvalue weighted by molar-refractivity contribution is 0.104. The van der Waals surface area contributed by atoms with Crippen LogP contribution in [0, 0.1) is 11.3 Å². The second-order valence-corrected chi connectivity index (χ2v) is 6.71. The van der Waals surface area contributed by atoms with Crippen LogP contribution in [0.15, 0.2) is 0 Å². The summed E-state index contributed by atoms with van der Waals surface area (Å²) in [5.74, 6) is 0.834. The zero-order valence-corrected chi connectivity index (χ0v) is 13.3. The van der Waals surface area contributed by atoms with Gasteiger partial charge in [-0.25, -0.2) is 0 Å². The van der Waals surface area contributed by atoms with Crippen LogP contribution in [0.3, 0.4) is 0 Å². The third-order valence-corrected chi connectivity index (χ3v) is 4.56. The topological polar surface area (TPSA) is 15.3 Å². The van der Waals surface area contributed by atoms with Crippen molar-refractivity contribution >= 4 is 0 Å². The summed E-state index contributed by atoms with van der Waals surface area (Å²) in [5.41, 5.74) is 0.544. The van der Waals surface area contributed by atoms with Gasteiger partial charge in [-0.15, -0.1) is 0 Å². The molecule has 2 unspecified atom stereocenters. The van der Waals surface area contributed by atoms with E-state index < -0.39 is 0 Å². The molecule has 0 spiro atoms. The van der Waals surface area contributed by atoms with E-state index in [1.54, 1.807) is 0 Å². The van der Waals surface area contributed by atoms with E-state index in [1.165, 1.54) is 51.9 Å². The van der Waals surface area contributed by atoms with Gasteiger partial charge in [-0.05, 0) is 56.7 Å². The molecule has 0 bridgehead atoms. The fraction of sp³-hybridized carbons (Fsp3) is 1.00. The predicted octanol–water partition coefficient (Wildman–Crippen LogP) is 3.52. The number of hydrogen-bond acceptors (Lipinski definition) is 2. The lowest BCUT2D eigenvalue weighted by Crippen LogP contribution is -2.47. The van der Waals surface area contributed by atoms with Crippen LogP contribution in [0.1, 0.15) is 60.3 Å². The lowest BCUT2D eigenvalue weighted by Gasteiger charge is -2.43. The molecule has 2 heteroatoms. The third kappa shape index (κ3) is 4.89. The van der Waals surface area contributed by atoms with Gasteiger partial charge in [-0.1, -0.05) is 34.6 Å². The summed E-state index contributed by atoms with van der Waals surface area (Å²) >= 11 is 0. The van der Waals surface area contributed by atoms with Gasteiger partial charge < -0.3 is 10.2 Å². The van der Waals surface area contributed by atoms with E-state index in [4.69, 9.17) is 0 Å². The van der Waals surface area contributed by atoms with E-state index in [0.29, 0.717) is 5.41 Å². The first-order valence-corrected chi connectivity index (χ1v) is 7.98. The molecule has 1 saturated carbocycles. The molecule has 0 amide bonds. The molecule has 2 atom stereocenters. The number of nitrogens with one attached hydrogen (secondary N) is 1. The number of rotatable bonds is 7. The first kappa shape index (κ1) is 16.0. The minimum atomic E-state index is 0.544. The summed E-state index contributed by atoms with van der Waals surface area (Å²) in [5, 5.41) is 3.79. The van der Waals surface area contributed by atoms with E-state index in [1.807, 2.05) is 0 Å². The Kier molecular flexibility index (Phi) is 6.65. The molecule has 1 rings (SSSR count). The van der Waals surface area contributed by atoms with Crippen LogP contribution in [0.5, 0.6) is 0 Å². The molecule has 1 N–H and O–H groups in total. The van der Waals surface area contributed by atoms with Crippen molar-refractivity contribution in [2.75, 3.05) is 26.2 Å². The molecule has 1 fully saturated rings. The van der Waals surface area contributed by atoms with Crippen LogP contribution in [0.2, 0.25) is 0 Å². The van der Waals surface area contributed by atoms with Crippen LogP contribution >= 0.6 is 0 Å². The van der Waals surface area contributed by atoms with Crippen molar-refractivity contribution in [3.63, 3.8) is 0 Å². The minimum Gasteiger partial charge on any atom is -0.314 e. The Balaban J connectivity index is 2.58. The standard InChI is InChI=1S/C16H34N2/c1-6-11-17-15-9-10-16(4,5)12-14(15)13-18(7-2)8-3/h14-15,17H,6-13H2,1-5H3. The molecule has 108 valence electrons. The molecule has 0 aliphatic heterocycles. The molecule has 2 nitrogen and oxygen atoms in total. The fourth-order valence-corrected chi connectivity index (χ4v) is 3.34. The quantitative estimate of drug-likeness (QED) is 0.748. The number of hydrogen-bond donors (Lipinski definition) is 1. The monoisotopic (exact) mass is 254 g/mol. The summed E-state index contributed by atoms with van der Waals surface area (Å²) in [6, 6.07) is 0.749. The SMILES string of the molecule is CCCNC1CCC(C)(C)CC1CN(CC)CC. The van der Waals surface area contributed by atoms with E-state index >= 15 is 0 Å². The van der Waals surface area contributed by atoms with Crippen LogP contribution < -0.4 is 5.32 Å². The Morgan fingerprint density at radius 2 is 1.83 bits per heavy atom. The first-order chi connectivity index (χ1) is 8.52. The zero-order chi connectivity index (χ0) is 13.6. The smallest absolute Gasteiger partial charge is 0.0108 e. The highest BCUT2D eigenvalue weighted by atomic mass is 15.1. The van der Waals surface area contributed by atoms with Crippen LogP contribution in [-0.4, -0.2) is 37.1 Å². The maximum absolute atomic E-state index is 3.79. The van der Waals surface area contributed by atoms with Gasteiger partial charge in [0.2, 0.25) is 0 Å². The molecule has 1 aliphatic carbocycles.